The molecule has 81 valence electrons. The highest BCUT2D eigenvalue weighted by Crippen LogP contribution is 2.11. The average molecular weight is 227 g/mol. The van der Waals surface area contributed by atoms with Gasteiger partial charge in [-0.2, -0.15) is 0 Å². The van der Waals surface area contributed by atoms with Crippen molar-refractivity contribution in [3.05, 3.63) is 60.7 Å². The Morgan fingerprint density at radius 1 is 0.875 bits per heavy atom. The summed E-state index contributed by atoms with van der Waals surface area (Å²) in [6.07, 6.45) is 0. The molecule has 0 atom stereocenters. The molecule has 0 aliphatic carbocycles. The number of benzene rings is 2. The molecule has 0 heterocycles. The quantitative estimate of drug-likeness (QED) is 0.730. The van der Waals surface area contributed by atoms with Crippen molar-refractivity contribution >= 4 is 14.2 Å². The molecule has 0 aromatic heterocycles. The molecule has 0 amide bonds. The van der Waals surface area contributed by atoms with Crippen molar-refractivity contribution in [1.29, 1.82) is 0 Å². The Morgan fingerprint density at radius 2 is 1.44 bits per heavy atom. The molecule has 0 unspecified atom stereocenters. The van der Waals surface area contributed by atoms with Gasteiger partial charge in [0.2, 0.25) is 0 Å². The lowest BCUT2D eigenvalue weighted by molar-refractivity contribution is 0.579. The van der Waals surface area contributed by atoms with Gasteiger partial charge >= 0.3 is 9.04 Å². The third-order valence-electron chi connectivity index (χ3n) is 2.40. The molecule has 0 saturated heterocycles. The Kier molecular flexibility index (Phi) is 3.78. The fourth-order valence-corrected chi connectivity index (χ4v) is 3.25. The summed E-state index contributed by atoms with van der Waals surface area (Å²) < 4.78 is 6.05. The van der Waals surface area contributed by atoms with Crippen LogP contribution in [0.1, 0.15) is 6.92 Å². The highest BCUT2D eigenvalue weighted by Gasteiger charge is 2.15. The second-order valence-electron chi connectivity index (χ2n) is 3.56. The van der Waals surface area contributed by atoms with Crippen LogP contribution in [0.2, 0.25) is 6.04 Å². The van der Waals surface area contributed by atoms with E-state index in [2.05, 4.69) is 31.2 Å². The molecule has 2 rings (SSSR count). The Hall–Kier alpha value is -1.54. The summed E-state index contributed by atoms with van der Waals surface area (Å²) in [6.45, 7) is 2.18. The summed E-state index contributed by atoms with van der Waals surface area (Å²) >= 11 is 0. The summed E-state index contributed by atoms with van der Waals surface area (Å²) in [5.41, 5.74) is 0. The normalized spacial score (nSPS) is 10.4. The zero-order valence-corrected chi connectivity index (χ0v) is 10.4. The van der Waals surface area contributed by atoms with Gasteiger partial charge in [-0.1, -0.05) is 55.5 Å². The van der Waals surface area contributed by atoms with Gasteiger partial charge < -0.3 is 4.43 Å². The second kappa shape index (κ2) is 5.52. The third kappa shape index (κ3) is 2.73. The van der Waals surface area contributed by atoms with E-state index < -0.39 is 9.04 Å². The lowest BCUT2D eigenvalue weighted by Gasteiger charge is -2.15. The largest absolute Gasteiger partial charge is 0.537 e. The first-order valence-electron chi connectivity index (χ1n) is 5.54. The summed E-state index contributed by atoms with van der Waals surface area (Å²) in [4.78, 5) is 0. The van der Waals surface area contributed by atoms with E-state index in [4.69, 9.17) is 4.43 Å². The molecular weight excluding hydrogens is 212 g/mol. The van der Waals surface area contributed by atoms with Gasteiger partial charge in [0.25, 0.3) is 0 Å². The minimum Gasteiger partial charge on any atom is -0.537 e. The standard InChI is InChI=1S/C14H15OSi/c1-2-16(14-11-7-4-8-12-14)15-13-9-5-3-6-10-13/h3-12H,2H2,1H3. The minimum absolute atomic E-state index is 0.914. The maximum Gasteiger partial charge on any atom is 0.316 e. The van der Waals surface area contributed by atoms with E-state index in [1.807, 2.05) is 36.4 Å². The van der Waals surface area contributed by atoms with Crippen LogP contribution in [0.3, 0.4) is 0 Å². The first-order chi connectivity index (χ1) is 7.90. The Morgan fingerprint density at radius 3 is 2.00 bits per heavy atom. The van der Waals surface area contributed by atoms with Crippen LogP contribution >= 0.6 is 0 Å². The van der Waals surface area contributed by atoms with E-state index in [0.29, 0.717) is 0 Å². The van der Waals surface area contributed by atoms with Crippen LogP contribution in [0, 0.1) is 0 Å². The predicted molar refractivity (Wildman–Crippen MR) is 69.4 cm³/mol. The highest BCUT2D eigenvalue weighted by molar-refractivity contribution is 6.67. The molecule has 2 aromatic rings. The maximum atomic E-state index is 6.05. The van der Waals surface area contributed by atoms with Gasteiger partial charge in [0, 0.05) is 0 Å². The number of hydrogen-bond acceptors (Lipinski definition) is 1. The summed E-state index contributed by atoms with van der Waals surface area (Å²) in [5.74, 6) is 0.974. The van der Waals surface area contributed by atoms with Crippen LogP contribution in [-0.4, -0.2) is 9.04 Å². The molecule has 1 radical (unpaired) electrons. The fourth-order valence-electron chi connectivity index (χ4n) is 1.59. The summed E-state index contributed by atoms with van der Waals surface area (Å²) in [5, 5.41) is 1.33. The molecule has 1 nitrogen and oxygen atoms in total. The average Bonchev–Trinajstić information content (AvgIpc) is 2.38. The van der Waals surface area contributed by atoms with Crippen LogP contribution in [0.4, 0.5) is 0 Å². The summed E-state index contributed by atoms with van der Waals surface area (Å²) in [6, 6.07) is 21.6. The zero-order chi connectivity index (χ0) is 11.2. The molecule has 0 aliphatic rings. The van der Waals surface area contributed by atoms with Gasteiger partial charge in [0.1, 0.15) is 5.75 Å². The van der Waals surface area contributed by atoms with Crippen LogP contribution in [0.25, 0.3) is 0 Å². The van der Waals surface area contributed by atoms with Gasteiger partial charge in [-0.3, -0.25) is 0 Å². The van der Waals surface area contributed by atoms with Crippen molar-refractivity contribution in [2.24, 2.45) is 0 Å². The monoisotopic (exact) mass is 227 g/mol. The molecule has 0 N–H and O–H groups in total. The smallest absolute Gasteiger partial charge is 0.316 e. The maximum absolute atomic E-state index is 6.05. The number of rotatable bonds is 4. The van der Waals surface area contributed by atoms with Crippen molar-refractivity contribution in [3.8, 4) is 5.75 Å². The molecule has 2 heteroatoms. The lowest BCUT2D eigenvalue weighted by Crippen LogP contribution is -2.35. The Labute approximate surface area is 98.4 Å². The predicted octanol–water partition coefficient (Wildman–Crippen LogP) is 2.98. The molecule has 16 heavy (non-hydrogen) atoms. The molecule has 0 bridgehead atoms. The van der Waals surface area contributed by atoms with Crippen molar-refractivity contribution in [3.63, 3.8) is 0 Å². The topological polar surface area (TPSA) is 9.23 Å². The van der Waals surface area contributed by atoms with Crippen LogP contribution in [0.5, 0.6) is 5.75 Å². The van der Waals surface area contributed by atoms with Crippen LogP contribution in [0.15, 0.2) is 60.7 Å². The molecule has 0 spiro atoms. The second-order valence-corrected chi connectivity index (χ2v) is 5.89. The fraction of sp³-hybridized carbons (Fsp3) is 0.143. The van der Waals surface area contributed by atoms with Crippen molar-refractivity contribution < 1.29 is 4.43 Å². The third-order valence-corrected chi connectivity index (χ3v) is 4.50. The van der Waals surface area contributed by atoms with Gasteiger partial charge in [-0.15, -0.1) is 0 Å². The van der Waals surface area contributed by atoms with E-state index >= 15 is 0 Å². The zero-order valence-electron chi connectivity index (χ0n) is 9.39. The molecule has 2 aromatic carbocycles. The summed E-state index contributed by atoms with van der Waals surface area (Å²) in [7, 11) is -0.914. The number of hydrogen-bond donors (Lipinski definition) is 0. The van der Waals surface area contributed by atoms with Crippen molar-refractivity contribution in [2.45, 2.75) is 13.0 Å². The van der Waals surface area contributed by atoms with E-state index in [-0.39, 0.29) is 0 Å². The van der Waals surface area contributed by atoms with Crippen molar-refractivity contribution in [2.75, 3.05) is 0 Å². The highest BCUT2D eigenvalue weighted by atomic mass is 28.3. The van der Waals surface area contributed by atoms with E-state index in [1.54, 1.807) is 0 Å². The van der Waals surface area contributed by atoms with E-state index in [1.165, 1.54) is 5.19 Å². The van der Waals surface area contributed by atoms with E-state index in [9.17, 15) is 0 Å². The number of para-hydroxylation sites is 1. The lowest BCUT2D eigenvalue weighted by atomic mass is 10.3. The van der Waals surface area contributed by atoms with Gasteiger partial charge in [0.15, 0.2) is 0 Å². The first kappa shape index (κ1) is 11.0. The van der Waals surface area contributed by atoms with Crippen LogP contribution in [-0.2, 0) is 0 Å². The molecule has 0 aliphatic heterocycles. The van der Waals surface area contributed by atoms with Crippen LogP contribution < -0.4 is 9.61 Å². The van der Waals surface area contributed by atoms with Crippen molar-refractivity contribution in [1.82, 2.24) is 0 Å². The SMILES string of the molecule is CC[Si](Oc1ccccc1)c1ccccc1. The van der Waals surface area contributed by atoms with Gasteiger partial charge in [-0.25, -0.2) is 0 Å². The minimum atomic E-state index is -0.914. The first-order valence-corrected chi connectivity index (χ1v) is 7.16. The van der Waals surface area contributed by atoms with E-state index in [0.717, 1.165) is 11.8 Å². The van der Waals surface area contributed by atoms with Gasteiger partial charge in [-0.05, 0) is 23.4 Å². The molecule has 0 fully saturated rings. The van der Waals surface area contributed by atoms with Gasteiger partial charge in [0.05, 0.1) is 0 Å². The Balaban J connectivity index is 2.13. The molecular formula is C14H15OSi. The Bertz CT molecular complexity index is 413. The molecule has 0 saturated carbocycles.